The van der Waals surface area contributed by atoms with Gasteiger partial charge >= 0.3 is 0 Å². The van der Waals surface area contributed by atoms with Crippen molar-refractivity contribution in [3.05, 3.63) is 42.0 Å². The third-order valence-electron chi connectivity index (χ3n) is 2.62. The van der Waals surface area contributed by atoms with Crippen LogP contribution in [0, 0.1) is 5.92 Å². The van der Waals surface area contributed by atoms with Gasteiger partial charge in [-0.2, -0.15) is 0 Å². The molecule has 1 nitrogen and oxygen atoms in total. The van der Waals surface area contributed by atoms with Gasteiger partial charge in [0.05, 0.1) is 0 Å². The number of nitrogen functional groups attached to an aromatic ring is 1. The first-order valence-electron chi connectivity index (χ1n) is 5.44. The van der Waals surface area contributed by atoms with Gasteiger partial charge in [0.25, 0.3) is 0 Å². The monoisotopic (exact) mass is 199 g/mol. The Hall–Kier alpha value is -1.50. The van der Waals surface area contributed by atoms with Crippen molar-refractivity contribution in [1.29, 1.82) is 0 Å². The van der Waals surface area contributed by atoms with Crippen LogP contribution in [0.15, 0.2) is 36.4 Å². The van der Waals surface area contributed by atoms with Crippen LogP contribution in [-0.4, -0.2) is 0 Å². The molecule has 0 heterocycles. The first-order valence-corrected chi connectivity index (χ1v) is 5.44. The fraction of sp³-hybridized carbons (Fsp3) is 0.286. The van der Waals surface area contributed by atoms with Crippen LogP contribution in [0.25, 0.3) is 10.8 Å². The number of rotatable bonds is 2. The summed E-state index contributed by atoms with van der Waals surface area (Å²) in [6, 6.07) is 12.6. The summed E-state index contributed by atoms with van der Waals surface area (Å²) in [7, 11) is 0. The second kappa shape index (κ2) is 3.93. The second-order valence-electron chi connectivity index (χ2n) is 4.50. The van der Waals surface area contributed by atoms with Gasteiger partial charge < -0.3 is 5.73 Å². The molecular formula is C14H17N. The van der Waals surface area contributed by atoms with Crippen LogP contribution in [0.2, 0.25) is 0 Å². The van der Waals surface area contributed by atoms with Crippen LogP contribution in [0.3, 0.4) is 0 Å². The van der Waals surface area contributed by atoms with Gasteiger partial charge in [-0.1, -0.05) is 44.2 Å². The molecule has 0 atom stereocenters. The lowest BCUT2D eigenvalue weighted by atomic mass is 9.99. The van der Waals surface area contributed by atoms with Crippen LogP contribution in [-0.2, 0) is 6.42 Å². The lowest BCUT2D eigenvalue weighted by Crippen LogP contribution is -1.94. The quantitative estimate of drug-likeness (QED) is 0.734. The highest BCUT2D eigenvalue weighted by atomic mass is 14.5. The van der Waals surface area contributed by atoms with Gasteiger partial charge in [0, 0.05) is 11.1 Å². The maximum atomic E-state index is 5.91. The van der Waals surface area contributed by atoms with Crippen molar-refractivity contribution >= 4 is 16.5 Å². The van der Waals surface area contributed by atoms with E-state index in [2.05, 4.69) is 38.1 Å². The fourth-order valence-corrected chi connectivity index (χ4v) is 1.96. The lowest BCUT2D eigenvalue weighted by Gasteiger charge is -2.07. The molecule has 0 amide bonds. The van der Waals surface area contributed by atoms with Gasteiger partial charge in [-0.25, -0.2) is 0 Å². The molecule has 0 fully saturated rings. The Bertz CT molecular complexity index is 472. The molecule has 0 radical (unpaired) electrons. The zero-order valence-corrected chi connectivity index (χ0v) is 9.33. The van der Waals surface area contributed by atoms with Gasteiger partial charge in [0.2, 0.25) is 0 Å². The summed E-state index contributed by atoms with van der Waals surface area (Å²) in [5, 5.41) is 2.40. The van der Waals surface area contributed by atoms with E-state index in [0.29, 0.717) is 5.92 Å². The molecule has 0 aliphatic rings. The zero-order chi connectivity index (χ0) is 10.8. The highest BCUT2D eigenvalue weighted by Crippen LogP contribution is 2.22. The molecule has 0 saturated carbocycles. The molecule has 0 bridgehead atoms. The molecule has 2 N–H and O–H groups in total. The molecular weight excluding hydrogens is 182 g/mol. The van der Waals surface area contributed by atoms with Crippen molar-refractivity contribution in [2.24, 2.45) is 5.92 Å². The van der Waals surface area contributed by atoms with E-state index in [4.69, 9.17) is 5.73 Å². The predicted molar refractivity (Wildman–Crippen MR) is 66.9 cm³/mol. The van der Waals surface area contributed by atoms with E-state index in [0.717, 1.165) is 17.5 Å². The first kappa shape index (κ1) is 10.0. The summed E-state index contributed by atoms with van der Waals surface area (Å²) < 4.78 is 0. The summed E-state index contributed by atoms with van der Waals surface area (Å²) in [6.45, 7) is 4.48. The predicted octanol–water partition coefficient (Wildman–Crippen LogP) is 3.62. The fourth-order valence-electron chi connectivity index (χ4n) is 1.96. The summed E-state index contributed by atoms with van der Waals surface area (Å²) >= 11 is 0. The largest absolute Gasteiger partial charge is 0.398 e. The smallest absolute Gasteiger partial charge is 0.0393 e. The van der Waals surface area contributed by atoms with Crippen LogP contribution in [0.5, 0.6) is 0 Å². The molecule has 0 aromatic heterocycles. The SMILES string of the molecule is CC(C)Cc1ccc2c(N)cccc2c1. The third-order valence-corrected chi connectivity index (χ3v) is 2.62. The average molecular weight is 199 g/mol. The molecule has 0 unspecified atom stereocenters. The molecule has 0 spiro atoms. The van der Waals surface area contributed by atoms with E-state index in [1.54, 1.807) is 0 Å². The molecule has 2 aromatic rings. The molecule has 0 aliphatic carbocycles. The van der Waals surface area contributed by atoms with Crippen LogP contribution < -0.4 is 5.73 Å². The van der Waals surface area contributed by atoms with Crippen LogP contribution >= 0.6 is 0 Å². The Morgan fingerprint density at radius 3 is 2.67 bits per heavy atom. The maximum absolute atomic E-state index is 5.91. The summed E-state index contributed by atoms with van der Waals surface area (Å²) in [4.78, 5) is 0. The zero-order valence-electron chi connectivity index (χ0n) is 9.33. The number of anilines is 1. The summed E-state index contributed by atoms with van der Waals surface area (Å²) in [5.41, 5.74) is 8.16. The van der Waals surface area contributed by atoms with E-state index in [1.165, 1.54) is 10.9 Å². The normalized spacial score (nSPS) is 11.1. The minimum atomic E-state index is 0.698. The van der Waals surface area contributed by atoms with Crippen LogP contribution in [0.4, 0.5) is 5.69 Å². The molecule has 0 saturated heterocycles. The maximum Gasteiger partial charge on any atom is 0.0393 e. The van der Waals surface area contributed by atoms with E-state index < -0.39 is 0 Å². The average Bonchev–Trinajstić information content (AvgIpc) is 2.17. The standard InChI is InChI=1S/C14H17N/c1-10(2)8-11-6-7-13-12(9-11)4-3-5-14(13)15/h3-7,9-10H,8,15H2,1-2H3. The van der Waals surface area contributed by atoms with Crippen molar-refractivity contribution < 1.29 is 0 Å². The number of nitrogens with two attached hydrogens (primary N) is 1. The van der Waals surface area contributed by atoms with Gasteiger partial charge in [0.1, 0.15) is 0 Å². The highest BCUT2D eigenvalue weighted by molar-refractivity contribution is 5.93. The van der Waals surface area contributed by atoms with Crippen molar-refractivity contribution in [2.45, 2.75) is 20.3 Å². The Morgan fingerprint density at radius 2 is 1.93 bits per heavy atom. The highest BCUT2D eigenvalue weighted by Gasteiger charge is 2.01. The summed E-state index contributed by atoms with van der Waals surface area (Å²) in [6.07, 6.45) is 1.13. The van der Waals surface area contributed by atoms with E-state index >= 15 is 0 Å². The van der Waals surface area contributed by atoms with Crippen molar-refractivity contribution in [2.75, 3.05) is 5.73 Å². The first-order chi connectivity index (χ1) is 7.16. The number of benzene rings is 2. The Labute approximate surface area is 90.9 Å². The Balaban J connectivity index is 2.48. The number of hydrogen-bond donors (Lipinski definition) is 1. The second-order valence-corrected chi connectivity index (χ2v) is 4.50. The molecule has 2 rings (SSSR count). The minimum Gasteiger partial charge on any atom is -0.398 e. The van der Waals surface area contributed by atoms with Gasteiger partial charge in [-0.3, -0.25) is 0 Å². The lowest BCUT2D eigenvalue weighted by molar-refractivity contribution is 0.648. The van der Waals surface area contributed by atoms with Gasteiger partial charge in [0.15, 0.2) is 0 Å². The summed E-state index contributed by atoms with van der Waals surface area (Å²) in [5.74, 6) is 0.698. The van der Waals surface area contributed by atoms with Crippen molar-refractivity contribution in [1.82, 2.24) is 0 Å². The number of hydrogen-bond acceptors (Lipinski definition) is 1. The van der Waals surface area contributed by atoms with Crippen molar-refractivity contribution in [3.63, 3.8) is 0 Å². The molecule has 0 aliphatic heterocycles. The minimum absolute atomic E-state index is 0.698. The molecule has 2 aromatic carbocycles. The molecule has 78 valence electrons. The molecule has 15 heavy (non-hydrogen) atoms. The van der Waals surface area contributed by atoms with Gasteiger partial charge in [-0.05, 0) is 29.4 Å². The number of fused-ring (bicyclic) bond motifs is 1. The van der Waals surface area contributed by atoms with E-state index in [1.807, 2.05) is 12.1 Å². The molecule has 1 heteroatoms. The van der Waals surface area contributed by atoms with Crippen molar-refractivity contribution in [3.8, 4) is 0 Å². The Kier molecular flexibility index (Phi) is 2.63. The topological polar surface area (TPSA) is 26.0 Å². The van der Waals surface area contributed by atoms with E-state index in [9.17, 15) is 0 Å². The third kappa shape index (κ3) is 2.12. The Morgan fingerprint density at radius 1 is 1.13 bits per heavy atom. The van der Waals surface area contributed by atoms with Gasteiger partial charge in [-0.15, -0.1) is 0 Å². The van der Waals surface area contributed by atoms with Crippen LogP contribution in [0.1, 0.15) is 19.4 Å². The van der Waals surface area contributed by atoms with E-state index in [-0.39, 0.29) is 0 Å².